The molecule has 0 radical (unpaired) electrons. The minimum Gasteiger partial charge on any atom is -0.494 e. The van der Waals surface area contributed by atoms with E-state index < -0.39 is 0 Å². The van der Waals surface area contributed by atoms with E-state index in [1.54, 1.807) is 0 Å². The fourth-order valence-corrected chi connectivity index (χ4v) is 3.32. The molecule has 1 aliphatic heterocycles. The fourth-order valence-electron chi connectivity index (χ4n) is 3.32. The minimum atomic E-state index is -0.171. The number of carbonyl (C=O) groups excluding carboxylic acids is 1. The first kappa shape index (κ1) is 19.1. The maximum atomic E-state index is 12.3. The Balaban J connectivity index is 1.62. The first-order valence-electron chi connectivity index (χ1n) is 9.39. The molecule has 1 amide bonds. The van der Waals surface area contributed by atoms with Crippen molar-refractivity contribution in [1.29, 1.82) is 0 Å². The summed E-state index contributed by atoms with van der Waals surface area (Å²) in [6.45, 7) is 8.87. The molecule has 2 aromatic carbocycles. The van der Waals surface area contributed by atoms with Gasteiger partial charge in [0.1, 0.15) is 23.4 Å². The second kappa shape index (κ2) is 8.33. The van der Waals surface area contributed by atoms with Crippen LogP contribution in [0.4, 0.5) is 0 Å². The zero-order valence-corrected chi connectivity index (χ0v) is 16.4. The van der Waals surface area contributed by atoms with E-state index in [2.05, 4.69) is 5.32 Å². The molecule has 0 aliphatic carbocycles. The van der Waals surface area contributed by atoms with Crippen LogP contribution in [0.2, 0.25) is 0 Å². The van der Waals surface area contributed by atoms with Crippen LogP contribution < -0.4 is 19.5 Å². The lowest BCUT2D eigenvalue weighted by Gasteiger charge is -2.14. The van der Waals surface area contributed by atoms with Gasteiger partial charge in [-0.15, -0.1) is 0 Å². The SMILES string of the molecule is CCOc1cc2c(cc1CNC(=O)COc1c(C)cccc1C)O[C@H](C)C2. The molecule has 27 heavy (non-hydrogen) atoms. The van der Waals surface area contributed by atoms with Gasteiger partial charge < -0.3 is 19.5 Å². The van der Waals surface area contributed by atoms with E-state index in [1.807, 2.05) is 58.0 Å². The van der Waals surface area contributed by atoms with E-state index in [0.717, 1.165) is 45.9 Å². The van der Waals surface area contributed by atoms with Gasteiger partial charge in [-0.3, -0.25) is 4.79 Å². The number of hydrogen-bond acceptors (Lipinski definition) is 4. The molecule has 2 aromatic rings. The van der Waals surface area contributed by atoms with E-state index in [4.69, 9.17) is 14.2 Å². The highest BCUT2D eigenvalue weighted by Crippen LogP contribution is 2.35. The maximum Gasteiger partial charge on any atom is 0.258 e. The number of fused-ring (bicyclic) bond motifs is 1. The molecule has 0 saturated carbocycles. The molecule has 1 aliphatic rings. The first-order chi connectivity index (χ1) is 13.0. The van der Waals surface area contributed by atoms with Crippen LogP contribution in [0.15, 0.2) is 30.3 Å². The van der Waals surface area contributed by atoms with Gasteiger partial charge in [0.05, 0.1) is 6.61 Å². The number of hydrogen-bond donors (Lipinski definition) is 1. The standard InChI is InChI=1S/C22H27NO4/c1-5-25-19-10-17-9-16(4)27-20(17)11-18(19)12-23-21(24)13-26-22-14(2)7-6-8-15(22)3/h6-8,10-11,16H,5,9,12-13H2,1-4H3,(H,23,24)/t16-/m1/s1. The van der Waals surface area contributed by atoms with Crippen LogP contribution in [0.1, 0.15) is 36.1 Å². The van der Waals surface area contributed by atoms with Gasteiger partial charge in [0, 0.05) is 24.1 Å². The van der Waals surface area contributed by atoms with E-state index in [0.29, 0.717) is 13.2 Å². The Hall–Kier alpha value is -2.69. The van der Waals surface area contributed by atoms with Crippen LogP contribution in [0, 0.1) is 13.8 Å². The average Bonchev–Trinajstić information content (AvgIpc) is 2.98. The molecular formula is C22H27NO4. The first-order valence-corrected chi connectivity index (χ1v) is 9.39. The highest BCUT2D eigenvalue weighted by atomic mass is 16.5. The van der Waals surface area contributed by atoms with Gasteiger partial charge in [-0.1, -0.05) is 18.2 Å². The van der Waals surface area contributed by atoms with E-state index >= 15 is 0 Å². The summed E-state index contributed by atoms with van der Waals surface area (Å²) in [6, 6.07) is 9.91. The zero-order chi connectivity index (χ0) is 19.4. The lowest BCUT2D eigenvalue weighted by Crippen LogP contribution is -2.28. The zero-order valence-electron chi connectivity index (χ0n) is 16.4. The van der Waals surface area contributed by atoms with Crippen molar-refractivity contribution in [3.63, 3.8) is 0 Å². The smallest absolute Gasteiger partial charge is 0.258 e. The number of amides is 1. The Kier molecular flexibility index (Phi) is 5.89. The lowest BCUT2D eigenvalue weighted by atomic mass is 10.1. The number of ether oxygens (including phenoxy) is 3. The van der Waals surface area contributed by atoms with E-state index in [1.165, 1.54) is 0 Å². The van der Waals surface area contributed by atoms with Crippen molar-refractivity contribution < 1.29 is 19.0 Å². The second-order valence-electron chi connectivity index (χ2n) is 6.92. The van der Waals surface area contributed by atoms with Crippen molar-refractivity contribution in [2.24, 2.45) is 0 Å². The maximum absolute atomic E-state index is 12.3. The molecule has 0 spiro atoms. The molecule has 0 aromatic heterocycles. The van der Waals surface area contributed by atoms with Crippen molar-refractivity contribution in [2.45, 2.75) is 46.8 Å². The number of carbonyl (C=O) groups is 1. The number of benzene rings is 2. The topological polar surface area (TPSA) is 56.8 Å². The fraction of sp³-hybridized carbons (Fsp3) is 0.409. The Morgan fingerprint density at radius 3 is 2.67 bits per heavy atom. The average molecular weight is 369 g/mol. The lowest BCUT2D eigenvalue weighted by molar-refractivity contribution is -0.123. The molecule has 5 nitrogen and oxygen atoms in total. The van der Waals surface area contributed by atoms with Gasteiger partial charge in [0.25, 0.3) is 5.91 Å². The summed E-state index contributed by atoms with van der Waals surface area (Å²) in [5, 5.41) is 2.91. The van der Waals surface area contributed by atoms with Gasteiger partial charge in [-0.2, -0.15) is 0 Å². The van der Waals surface area contributed by atoms with E-state index in [-0.39, 0.29) is 18.6 Å². The molecule has 5 heteroatoms. The molecular weight excluding hydrogens is 342 g/mol. The Labute approximate surface area is 160 Å². The van der Waals surface area contributed by atoms with Gasteiger partial charge in [-0.05, 0) is 51.0 Å². The summed E-state index contributed by atoms with van der Waals surface area (Å²) in [6.07, 6.45) is 1.05. The molecule has 1 N–H and O–H groups in total. The second-order valence-corrected chi connectivity index (χ2v) is 6.92. The van der Waals surface area contributed by atoms with Crippen molar-refractivity contribution in [3.05, 3.63) is 52.6 Å². The van der Waals surface area contributed by atoms with Gasteiger partial charge in [0.15, 0.2) is 6.61 Å². The van der Waals surface area contributed by atoms with Crippen molar-refractivity contribution >= 4 is 5.91 Å². The highest BCUT2D eigenvalue weighted by molar-refractivity contribution is 5.77. The summed E-state index contributed by atoms with van der Waals surface area (Å²) in [4.78, 5) is 12.3. The third kappa shape index (κ3) is 4.54. The molecule has 0 fully saturated rings. The van der Waals surface area contributed by atoms with Crippen LogP contribution in [-0.4, -0.2) is 25.2 Å². The molecule has 144 valence electrons. The van der Waals surface area contributed by atoms with Crippen LogP contribution in [0.25, 0.3) is 0 Å². The summed E-state index contributed by atoms with van der Waals surface area (Å²) in [7, 11) is 0. The van der Waals surface area contributed by atoms with Crippen LogP contribution in [-0.2, 0) is 17.8 Å². The van der Waals surface area contributed by atoms with Crippen LogP contribution in [0.5, 0.6) is 17.2 Å². The van der Waals surface area contributed by atoms with Crippen molar-refractivity contribution in [3.8, 4) is 17.2 Å². The molecule has 3 rings (SSSR count). The predicted molar refractivity (Wildman–Crippen MR) is 105 cm³/mol. The summed E-state index contributed by atoms with van der Waals surface area (Å²) < 4.78 is 17.3. The third-order valence-electron chi connectivity index (χ3n) is 4.61. The summed E-state index contributed by atoms with van der Waals surface area (Å²) in [5.41, 5.74) is 4.10. The Bertz CT molecular complexity index is 811. The summed E-state index contributed by atoms with van der Waals surface area (Å²) >= 11 is 0. The summed E-state index contributed by atoms with van der Waals surface area (Å²) in [5.74, 6) is 2.27. The molecule has 0 unspecified atom stereocenters. The number of nitrogens with one attached hydrogen (secondary N) is 1. The minimum absolute atomic E-state index is 0.0197. The highest BCUT2D eigenvalue weighted by Gasteiger charge is 2.22. The van der Waals surface area contributed by atoms with Crippen molar-refractivity contribution in [1.82, 2.24) is 5.32 Å². The Morgan fingerprint density at radius 2 is 1.96 bits per heavy atom. The number of aryl methyl sites for hydroxylation is 2. The predicted octanol–water partition coefficient (Wildman–Crippen LogP) is 3.72. The third-order valence-corrected chi connectivity index (χ3v) is 4.61. The van der Waals surface area contributed by atoms with Gasteiger partial charge >= 0.3 is 0 Å². The van der Waals surface area contributed by atoms with Gasteiger partial charge in [0.2, 0.25) is 0 Å². The van der Waals surface area contributed by atoms with Crippen molar-refractivity contribution in [2.75, 3.05) is 13.2 Å². The normalized spacial score (nSPS) is 15.0. The van der Waals surface area contributed by atoms with Gasteiger partial charge in [-0.25, -0.2) is 0 Å². The van der Waals surface area contributed by atoms with E-state index in [9.17, 15) is 4.79 Å². The number of para-hydroxylation sites is 1. The Morgan fingerprint density at radius 1 is 1.22 bits per heavy atom. The largest absolute Gasteiger partial charge is 0.494 e. The van der Waals surface area contributed by atoms with Crippen LogP contribution in [0.3, 0.4) is 0 Å². The molecule has 0 bridgehead atoms. The monoisotopic (exact) mass is 369 g/mol. The molecule has 1 heterocycles. The number of rotatable bonds is 7. The molecule has 0 saturated heterocycles. The molecule has 1 atom stereocenters. The van der Waals surface area contributed by atoms with Crippen LogP contribution >= 0.6 is 0 Å². The quantitative estimate of drug-likeness (QED) is 0.808.